The van der Waals surface area contributed by atoms with E-state index in [1.54, 1.807) is 0 Å². The molecule has 0 aromatic carbocycles. The summed E-state index contributed by atoms with van der Waals surface area (Å²) >= 11 is 0. The van der Waals surface area contributed by atoms with Gasteiger partial charge in [-0.25, -0.2) is 0 Å². The second-order valence-electron chi connectivity index (χ2n) is 6.65. The zero-order valence-corrected chi connectivity index (χ0v) is 11.1. The van der Waals surface area contributed by atoms with Crippen molar-refractivity contribution in [2.45, 2.75) is 72.3 Å². The van der Waals surface area contributed by atoms with Crippen LogP contribution in [0.1, 0.15) is 66.7 Å². The van der Waals surface area contributed by atoms with Gasteiger partial charge >= 0.3 is 0 Å². The van der Waals surface area contributed by atoms with E-state index in [1.807, 2.05) is 0 Å². The van der Waals surface area contributed by atoms with E-state index >= 15 is 0 Å². The Hall–Kier alpha value is -0.0400. The van der Waals surface area contributed by atoms with Gasteiger partial charge in [-0.3, -0.25) is 0 Å². The minimum Gasteiger partial charge on any atom is -0.390 e. The molecule has 1 heteroatoms. The molecule has 0 saturated heterocycles. The Morgan fingerprint density at radius 3 is 2.40 bits per heavy atom. The highest BCUT2D eigenvalue weighted by Crippen LogP contribution is 2.50. The molecule has 0 aromatic rings. The zero-order valence-electron chi connectivity index (χ0n) is 11.1. The molecule has 90 valence electrons. The Morgan fingerprint density at radius 2 is 2.00 bits per heavy atom. The van der Waals surface area contributed by atoms with Crippen molar-refractivity contribution < 1.29 is 5.11 Å². The fraction of sp³-hybridized carbons (Fsp3) is 1.00. The SMILES string of the molecule is CCCC(C)CC1(O)CC(C)(C)CC1C. The largest absolute Gasteiger partial charge is 0.390 e. The van der Waals surface area contributed by atoms with Crippen LogP contribution in [0.25, 0.3) is 0 Å². The van der Waals surface area contributed by atoms with E-state index in [4.69, 9.17) is 0 Å². The van der Waals surface area contributed by atoms with Crippen molar-refractivity contribution in [3.8, 4) is 0 Å². The standard InChI is InChI=1S/C14H28O/c1-6-7-11(2)8-14(15)10-13(4,5)9-12(14)3/h11-12,15H,6-10H2,1-5H3. The molecule has 1 saturated carbocycles. The molecule has 1 nitrogen and oxygen atoms in total. The predicted molar refractivity (Wildman–Crippen MR) is 65.8 cm³/mol. The second kappa shape index (κ2) is 4.45. The van der Waals surface area contributed by atoms with Gasteiger partial charge in [-0.2, -0.15) is 0 Å². The van der Waals surface area contributed by atoms with Crippen molar-refractivity contribution >= 4 is 0 Å². The van der Waals surface area contributed by atoms with Crippen LogP contribution in [0.2, 0.25) is 0 Å². The van der Waals surface area contributed by atoms with Crippen LogP contribution in [0.4, 0.5) is 0 Å². The van der Waals surface area contributed by atoms with Crippen LogP contribution in [0, 0.1) is 17.3 Å². The summed E-state index contributed by atoms with van der Waals surface area (Å²) in [6.45, 7) is 11.3. The van der Waals surface area contributed by atoms with Gasteiger partial charge in [0.25, 0.3) is 0 Å². The highest BCUT2D eigenvalue weighted by Gasteiger charge is 2.47. The first-order valence-electron chi connectivity index (χ1n) is 6.51. The van der Waals surface area contributed by atoms with Crippen LogP contribution in [0.3, 0.4) is 0 Å². The summed E-state index contributed by atoms with van der Waals surface area (Å²) in [5, 5.41) is 10.7. The first kappa shape index (κ1) is 13.0. The fourth-order valence-corrected chi connectivity index (χ4v) is 3.57. The van der Waals surface area contributed by atoms with Crippen LogP contribution in [0.15, 0.2) is 0 Å². The lowest BCUT2D eigenvalue weighted by Gasteiger charge is -2.31. The van der Waals surface area contributed by atoms with Gasteiger partial charge in [0.2, 0.25) is 0 Å². The summed E-state index contributed by atoms with van der Waals surface area (Å²) in [7, 11) is 0. The number of hydrogen-bond acceptors (Lipinski definition) is 1. The first-order valence-corrected chi connectivity index (χ1v) is 6.51. The average Bonchev–Trinajstić information content (AvgIpc) is 2.19. The molecule has 3 atom stereocenters. The van der Waals surface area contributed by atoms with Crippen molar-refractivity contribution in [3.63, 3.8) is 0 Å². The molecular formula is C14H28O. The van der Waals surface area contributed by atoms with Crippen molar-refractivity contribution in [2.75, 3.05) is 0 Å². The minimum atomic E-state index is -0.391. The molecule has 3 unspecified atom stereocenters. The maximum absolute atomic E-state index is 10.7. The summed E-state index contributed by atoms with van der Waals surface area (Å²) in [5.41, 5.74) is -0.0574. The van der Waals surface area contributed by atoms with E-state index in [0.717, 1.165) is 12.8 Å². The third kappa shape index (κ3) is 3.21. The Balaban J connectivity index is 2.59. The Morgan fingerprint density at radius 1 is 1.40 bits per heavy atom. The van der Waals surface area contributed by atoms with Crippen molar-refractivity contribution in [3.05, 3.63) is 0 Å². The van der Waals surface area contributed by atoms with E-state index < -0.39 is 5.60 Å². The summed E-state index contributed by atoms with van der Waals surface area (Å²) < 4.78 is 0. The average molecular weight is 212 g/mol. The second-order valence-corrected chi connectivity index (χ2v) is 6.65. The normalized spacial score (nSPS) is 36.8. The van der Waals surface area contributed by atoms with E-state index in [0.29, 0.717) is 17.3 Å². The van der Waals surface area contributed by atoms with Gasteiger partial charge in [0.15, 0.2) is 0 Å². The van der Waals surface area contributed by atoms with E-state index in [1.165, 1.54) is 19.3 Å². The lowest BCUT2D eigenvalue weighted by molar-refractivity contribution is -0.0173. The van der Waals surface area contributed by atoms with Gasteiger partial charge in [0, 0.05) is 0 Å². The number of hydrogen-bond donors (Lipinski definition) is 1. The molecule has 0 aromatic heterocycles. The third-order valence-corrected chi connectivity index (χ3v) is 4.04. The van der Waals surface area contributed by atoms with E-state index in [9.17, 15) is 5.11 Å². The monoisotopic (exact) mass is 212 g/mol. The van der Waals surface area contributed by atoms with Crippen LogP contribution in [0.5, 0.6) is 0 Å². The summed E-state index contributed by atoms with van der Waals surface area (Å²) in [5.74, 6) is 1.13. The smallest absolute Gasteiger partial charge is 0.0681 e. The van der Waals surface area contributed by atoms with Gasteiger partial charge in [0.05, 0.1) is 5.60 Å². The van der Waals surface area contributed by atoms with Gasteiger partial charge in [-0.15, -0.1) is 0 Å². The third-order valence-electron chi connectivity index (χ3n) is 4.04. The van der Waals surface area contributed by atoms with Gasteiger partial charge < -0.3 is 5.11 Å². The molecule has 0 aliphatic heterocycles. The van der Waals surface area contributed by atoms with Crippen LogP contribution >= 0.6 is 0 Å². The molecule has 1 N–H and O–H groups in total. The molecule has 0 bridgehead atoms. The van der Waals surface area contributed by atoms with Crippen molar-refractivity contribution in [2.24, 2.45) is 17.3 Å². The van der Waals surface area contributed by atoms with Crippen LogP contribution in [-0.4, -0.2) is 10.7 Å². The molecular weight excluding hydrogens is 184 g/mol. The van der Waals surface area contributed by atoms with Crippen molar-refractivity contribution in [1.82, 2.24) is 0 Å². The Bertz CT molecular complexity index is 209. The molecule has 0 amide bonds. The molecule has 0 radical (unpaired) electrons. The molecule has 1 fully saturated rings. The summed E-state index contributed by atoms with van der Waals surface area (Å²) in [6, 6.07) is 0. The molecule has 0 spiro atoms. The van der Waals surface area contributed by atoms with Crippen LogP contribution in [-0.2, 0) is 0 Å². The Labute approximate surface area is 95.3 Å². The summed E-state index contributed by atoms with van der Waals surface area (Å²) in [4.78, 5) is 0. The number of rotatable bonds is 4. The highest BCUT2D eigenvalue weighted by molar-refractivity contribution is 4.98. The van der Waals surface area contributed by atoms with Gasteiger partial charge in [0.1, 0.15) is 0 Å². The topological polar surface area (TPSA) is 20.2 Å². The maximum atomic E-state index is 10.7. The Kier molecular flexibility index (Phi) is 3.86. The highest BCUT2D eigenvalue weighted by atomic mass is 16.3. The van der Waals surface area contributed by atoms with Gasteiger partial charge in [-0.05, 0) is 36.5 Å². The number of aliphatic hydroxyl groups is 1. The zero-order chi connectivity index (χ0) is 11.7. The minimum absolute atomic E-state index is 0.333. The van der Waals surface area contributed by atoms with Crippen molar-refractivity contribution in [1.29, 1.82) is 0 Å². The molecule has 15 heavy (non-hydrogen) atoms. The maximum Gasteiger partial charge on any atom is 0.0681 e. The fourth-order valence-electron chi connectivity index (χ4n) is 3.57. The van der Waals surface area contributed by atoms with E-state index in [-0.39, 0.29) is 0 Å². The molecule has 1 aliphatic carbocycles. The molecule has 0 heterocycles. The lowest BCUT2D eigenvalue weighted by atomic mass is 9.81. The summed E-state index contributed by atoms with van der Waals surface area (Å²) in [6.07, 6.45) is 5.62. The molecule has 1 rings (SSSR count). The first-order chi connectivity index (χ1) is 6.79. The predicted octanol–water partition coefficient (Wildman–Crippen LogP) is 4.00. The van der Waals surface area contributed by atoms with Gasteiger partial charge in [-0.1, -0.05) is 47.5 Å². The quantitative estimate of drug-likeness (QED) is 0.747. The van der Waals surface area contributed by atoms with E-state index in [2.05, 4.69) is 34.6 Å². The molecule has 1 aliphatic rings. The van der Waals surface area contributed by atoms with Crippen LogP contribution < -0.4 is 0 Å². The lowest BCUT2D eigenvalue weighted by Crippen LogP contribution is -2.34.